The summed E-state index contributed by atoms with van der Waals surface area (Å²) in [6.45, 7) is 2.45. The summed E-state index contributed by atoms with van der Waals surface area (Å²) in [5.41, 5.74) is 3.40. The second kappa shape index (κ2) is 8.49. The molecule has 1 aromatic carbocycles. The molecule has 0 radical (unpaired) electrons. The number of benzene rings is 1. The molecule has 2 aliphatic carbocycles. The van der Waals surface area contributed by atoms with E-state index in [0.717, 1.165) is 42.7 Å². The van der Waals surface area contributed by atoms with Crippen molar-refractivity contribution in [2.75, 3.05) is 19.8 Å². The van der Waals surface area contributed by atoms with Gasteiger partial charge in [-0.25, -0.2) is 0 Å². The molecule has 0 amide bonds. The minimum atomic E-state index is -0.358. The average Bonchev–Trinajstić information content (AvgIpc) is 2.72. The highest BCUT2D eigenvalue weighted by Crippen LogP contribution is 2.47. The van der Waals surface area contributed by atoms with Gasteiger partial charge in [-0.15, -0.1) is 0 Å². The summed E-state index contributed by atoms with van der Waals surface area (Å²) < 4.78 is 11.4. The standard InChI is InChI=1S/C23H27NO5/c1-2-28-20-13-14(9-10-19(20)29-12-11-25)21-22-15(5-3-7-17(22)26)24-16-6-4-8-18(27)23(16)21/h9-10,13,21-22,25H,2-8,11-12H2,1H3. The van der Waals surface area contributed by atoms with E-state index in [0.29, 0.717) is 36.5 Å². The van der Waals surface area contributed by atoms with Gasteiger partial charge in [-0.3, -0.25) is 14.6 Å². The van der Waals surface area contributed by atoms with E-state index in [2.05, 4.69) is 0 Å². The molecule has 3 aliphatic rings. The van der Waals surface area contributed by atoms with Crippen LogP contribution in [-0.2, 0) is 9.59 Å². The molecule has 1 aromatic rings. The van der Waals surface area contributed by atoms with E-state index in [9.17, 15) is 9.59 Å². The van der Waals surface area contributed by atoms with Gasteiger partial charge in [-0.05, 0) is 50.3 Å². The Labute approximate surface area is 170 Å². The van der Waals surface area contributed by atoms with Crippen molar-refractivity contribution >= 4 is 17.3 Å². The minimum Gasteiger partial charge on any atom is -0.490 e. The summed E-state index contributed by atoms with van der Waals surface area (Å²) in [4.78, 5) is 30.6. The highest BCUT2D eigenvalue weighted by atomic mass is 16.5. The lowest BCUT2D eigenvalue weighted by Crippen LogP contribution is -2.39. The molecule has 1 fully saturated rings. The predicted octanol–water partition coefficient (Wildman–Crippen LogP) is 3.37. The molecule has 2 atom stereocenters. The van der Waals surface area contributed by atoms with Crippen LogP contribution in [0.1, 0.15) is 56.9 Å². The summed E-state index contributed by atoms with van der Waals surface area (Å²) >= 11 is 0. The van der Waals surface area contributed by atoms with Crippen LogP contribution in [0.4, 0.5) is 0 Å². The molecule has 2 unspecified atom stereocenters. The van der Waals surface area contributed by atoms with Crippen LogP contribution in [0.25, 0.3) is 0 Å². The third-order valence-corrected chi connectivity index (χ3v) is 5.89. The van der Waals surface area contributed by atoms with Crippen molar-refractivity contribution in [3.05, 3.63) is 35.0 Å². The number of fused-ring (bicyclic) bond motifs is 1. The number of hydrogen-bond donors (Lipinski definition) is 1. The van der Waals surface area contributed by atoms with Gasteiger partial charge in [0.15, 0.2) is 17.3 Å². The van der Waals surface area contributed by atoms with Gasteiger partial charge in [0, 0.05) is 35.7 Å². The third-order valence-electron chi connectivity index (χ3n) is 5.89. The Morgan fingerprint density at radius 1 is 1.03 bits per heavy atom. The van der Waals surface area contributed by atoms with Gasteiger partial charge in [-0.2, -0.15) is 0 Å². The van der Waals surface area contributed by atoms with E-state index in [1.54, 1.807) is 0 Å². The van der Waals surface area contributed by atoms with Gasteiger partial charge < -0.3 is 14.6 Å². The smallest absolute Gasteiger partial charge is 0.161 e. The molecule has 1 saturated carbocycles. The fourth-order valence-electron chi connectivity index (χ4n) is 4.72. The lowest BCUT2D eigenvalue weighted by Gasteiger charge is -2.38. The highest BCUT2D eigenvalue weighted by molar-refractivity contribution is 6.12. The van der Waals surface area contributed by atoms with Crippen LogP contribution >= 0.6 is 0 Å². The molecule has 0 bridgehead atoms. The van der Waals surface area contributed by atoms with E-state index in [-0.39, 0.29) is 36.6 Å². The Morgan fingerprint density at radius 3 is 2.66 bits per heavy atom. The fourth-order valence-corrected chi connectivity index (χ4v) is 4.72. The first-order valence-electron chi connectivity index (χ1n) is 10.5. The van der Waals surface area contributed by atoms with Gasteiger partial charge in [0.05, 0.1) is 19.1 Å². The summed E-state index contributed by atoms with van der Waals surface area (Å²) in [7, 11) is 0. The summed E-state index contributed by atoms with van der Waals surface area (Å²) in [6.07, 6.45) is 4.30. The number of nitrogens with zero attached hydrogens (tertiary/aromatic N) is 1. The Morgan fingerprint density at radius 2 is 1.86 bits per heavy atom. The zero-order valence-electron chi connectivity index (χ0n) is 16.8. The SMILES string of the molecule is CCOc1cc(C2C3=C(CCCC3=O)N=C3CCCC(=O)C32)ccc1OCCO. The fraction of sp³-hybridized carbons (Fsp3) is 0.522. The van der Waals surface area contributed by atoms with E-state index >= 15 is 0 Å². The van der Waals surface area contributed by atoms with E-state index < -0.39 is 0 Å². The maximum atomic E-state index is 12.9. The van der Waals surface area contributed by atoms with Gasteiger partial charge in [-0.1, -0.05) is 6.07 Å². The number of ketones is 2. The number of aliphatic hydroxyl groups excluding tert-OH is 1. The molecule has 0 aromatic heterocycles. The largest absolute Gasteiger partial charge is 0.490 e. The van der Waals surface area contributed by atoms with Gasteiger partial charge in [0.25, 0.3) is 0 Å². The van der Waals surface area contributed by atoms with Crippen LogP contribution in [0.2, 0.25) is 0 Å². The molecule has 1 heterocycles. The molecule has 0 spiro atoms. The topological polar surface area (TPSA) is 85.2 Å². The maximum absolute atomic E-state index is 12.9. The zero-order chi connectivity index (χ0) is 20.4. The first kappa shape index (κ1) is 19.8. The predicted molar refractivity (Wildman–Crippen MR) is 109 cm³/mol. The van der Waals surface area contributed by atoms with Crippen LogP contribution in [0.15, 0.2) is 34.5 Å². The number of aliphatic hydroxyl groups is 1. The number of carbonyl (C=O) groups excluding carboxylic acids is 2. The monoisotopic (exact) mass is 397 g/mol. The number of allylic oxidation sites excluding steroid dienone is 2. The first-order chi connectivity index (χ1) is 14.1. The van der Waals surface area contributed by atoms with Gasteiger partial charge >= 0.3 is 0 Å². The summed E-state index contributed by atoms with van der Waals surface area (Å²) in [5.74, 6) is 0.733. The van der Waals surface area contributed by atoms with Crippen LogP contribution in [-0.4, -0.2) is 42.2 Å². The number of rotatable bonds is 6. The Balaban J connectivity index is 1.81. The van der Waals surface area contributed by atoms with Crippen molar-refractivity contribution in [3.63, 3.8) is 0 Å². The van der Waals surface area contributed by atoms with Crippen molar-refractivity contribution in [1.82, 2.24) is 0 Å². The molecule has 1 aliphatic heterocycles. The maximum Gasteiger partial charge on any atom is 0.161 e. The van der Waals surface area contributed by atoms with Crippen LogP contribution < -0.4 is 9.47 Å². The normalized spacial score (nSPS) is 24.0. The Kier molecular flexibility index (Phi) is 5.81. The van der Waals surface area contributed by atoms with Crippen molar-refractivity contribution in [2.24, 2.45) is 10.9 Å². The molecular formula is C23H27NO5. The second-order valence-electron chi connectivity index (χ2n) is 7.73. The molecule has 1 N–H and O–H groups in total. The number of hydrogen-bond acceptors (Lipinski definition) is 6. The summed E-state index contributed by atoms with van der Waals surface area (Å²) in [6, 6.07) is 5.61. The Bertz CT molecular complexity index is 885. The van der Waals surface area contributed by atoms with Crippen molar-refractivity contribution < 1.29 is 24.2 Å². The lowest BCUT2D eigenvalue weighted by atomic mass is 9.67. The van der Waals surface area contributed by atoms with Crippen molar-refractivity contribution in [3.8, 4) is 11.5 Å². The number of aliphatic imine (C=N–C) groups is 1. The highest BCUT2D eigenvalue weighted by Gasteiger charge is 2.44. The van der Waals surface area contributed by atoms with E-state index in [4.69, 9.17) is 19.6 Å². The Hall–Kier alpha value is -2.47. The quantitative estimate of drug-likeness (QED) is 0.795. The first-order valence-corrected chi connectivity index (χ1v) is 10.5. The molecule has 4 rings (SSSR count). The number of ether oxygens (including phenoxy) is 2. The molecular weight excluding hydrogens is 370 g/mol. The molecule has 154 valence electrons. The van der Waals surface area contributed by atoms with Gasteiger partial charge in [0.2, 0.25) is 0 Å². The lowest BCUT2D eigenvalue weighted by molar-refractivity contribution is -0.122. The van der Waals surface area contributed by atoms with Crippen LogP contribution in [0.5, 0.6) is 11.5 Å². The molecule has 0 saturated heterocycles. The van der Waals surface area contributed by atoms with Crippen LogP contribution in [0, 0.1) is 5.92 Å². The van der Waals surface area contributed by atoms with Crippen molar-refractivity contribution in [2.45, 2.75) is 51.4 Å². The number of Topliss-reactive ketones (excluding diaryl/α,β-unsaturated/α-hetero) is 2. The second-order valence-corrected chi connectivity index (χ2v) is 7.73. The van der Waals surface area contributed by atoms with E-state index in [1.165, 1.54) is 0 Å². The van der Waals surface area contributed by atoms with E-state index in [1.807, 2.05) is 25.1 Å². The molecule has 29 heavy (non-hydrogen) atoms. The van der Waals surface area contributed by atoms with Crippen molar-refractivity contribution in [1.29, 1.82) is 0 Å². The number of carbonyl (C=O) groups is 2. The molecule has 6 heteroatoms. The average molecular weight is 397 g/mol. The third kappa shape index (κ3) is 3.73. The zero-order valence-corrected chi connectivity index (χ0v) is 16.8. The summed E-state index contributed by atoms with van der Waals surface area (Å²) in [5, 5.41) is 9.06. The van der Waals surface area contributed by atoms with Crippen LogP contribution in [0.3, 0.4) is 0 Å². The van der Waals surface area contributed by atoms with Gasteiger partial charge in [0.1, 0.15) is 12.4 Å². The molecule has 6 nitrogen and oxygen atoms in total. The minimum absolute atomic E-state index is 0.0862.